The molecule has 3 N–H and O–H groups in total. The van der Waals surface area contributed by atoms with Gasteiger partial charge in [0, 0.05) is 13.1 Å². The highest BCUT2D eigenvalue weighted by molar-refractivity contribution is 5.86. The number of aliphatic carboxylic acids is 1. The molecular weight excluding hydrogens is 196 g/mol. The molecule has 1 fully saturated rings. The van der Waals surface area contributed by atoms with Crippen molar-refractivity contribution >= 4 is 11.9 Å². The molecule has 0 radical (unpaired) electrons. The molecule has 0 bridgehead atoms. The Hall–Kier alpha value is -1.10. The van der Waals surface area contributed by atoms with E-state index in [1.165, 1.54) is 0 Å². The van der Waals surface area contributed by atoms with Crippen molar-refractivity contribution in [2.45, 2.75) is 26.3 Å². The average Bonchev–Trinajstić information content (AvgIpc) is 2.44. The maximum absolute atomic E-state index is 11.8. The summed E-state index contributed by atoms with van der Waals surface area (Å²) >= 11 is 0. The quantitative estimate of drug-likeness (QED) is 0.672. The molecule has 0 spiro atoms. The van der Waals surface area contributed by atoms with Crippen LogP contribution in [-0.2, 0) is 9.59 Å². The van der Waals surface area contributed by atoms with Gasteiger partial charge in [-0.15, -0.1) is 0 Å². The first-order chi connectivity index (χ1) is 6.73. The minimum Gasteiger partial charge on any atom is -0.481 e. The minimum atomic E-state index is -0.923. The normalized spacial score (nSPS) is 26.8. The molecule has 1 saturated heterocycles. The van der Waals surface area contributed by atoms with Crippen LogP contribution in [0.3, 0.4) is 0 Å². The SMILES string of the molecule is C[C@@H]1CN(C(=O)C(C)(C)N)C[C@H]1C(=O)O. The van der Waals surface area contributed by atoms with Gasteiger partial charge in [0.25, 0.3) is 0 Å². The summed E-state index contributed by atoms with van der Waals surface area (Å²) in [4.78, 5) is 24.2. The number of nitrogens with two attached hydrogens (primary N) is 1. The number of likely N-dealkylation sites (tertiary alicyclic amines) is 1. The summed E-state index contributed by atoms with van der Waals surface area (Å²) in [5.41, 5.74) is 4.76. The Balaban J connectivity index is 2.71. The number of hydrogen-bond donors (Lipinski definition) is 2. The van der Waals surface area contributed by atoms with Gasteiger partial charge in [-0.05, 0) is 19.8 Å². The van der Waals surface area contributed by atoms with Gasteiger partial charge < -0.3 is 15.7 Å². The number of rotatable bonds is 2. The molecule has 0 aromatic rings. The van der Waals surface area contributed by atoms with Gasteiger partial charge in [0.2, 0.25) is 5.91 Å². The summed E-state index contributed by atoms with van der Waals surface area (Å²) in [6.07, 6.45) is 0. The summed E-state index contributed by atoms with van der Waals surface area (Å²) in [5, 5.41) is 8.92. The maximum atomic E-state index is 11.8. The lowest BCUT2D eigenvalue weighted by molar-refractivity contribution is -0.142. The van der Waals surface area contributed by atoms with Crippen LogP contribution in [0.5, 0.6) is 0 Å². The molecule has 0 aliphatic carbocycles. The van der Waals surface area contributed by atoms with Crippen molar-refractivity contribution in [2.75, 3.05) is 13.1 Å². The van der Waals surface area contributed by atoms with Gasteiger partial charge in [-0.3, -0.25) is 9.59 Å². The fourth-order valence-corrected chi connectivity index (χ4v) is 1.86. The molecule has 5 nitrogen and oxygen atoms in total. The first-order valence-corrected chi connectivity index (χ1v) is 5.04. The molecule has 1 amide bonds. The van der Waals surface area contributed by atoms with Crippen molar-refractivity contribution in [1.82, 2.24) is 4.90 Å². The van der Waals surface area contributed by atoms with Gasteiger partial charge in [-0.1, -0.05) is 6.92 Å². The van der Waals surface area contributed by atoms with Crippen molar-refractivity contribution in [3.05, 3.63) is 0 Å². The summed E-state index contributed by atoms with van der Waals surface area (Å²) in [6, 6.07) is 0. The van der Waals surface area contributed by atoms with E-state index < -0.39 is 17.4 Å². The van der Waals surface area contributed by atoms with Gasteiger partial charge in [0.1, 0.15) is 0 Å². The fraction of sp³-hybridized carbons (Fsp3) is 0.800. The monoisotopic (exact) mass is 214 g/mol. The average molecular weight is 214 g/mol. The zero-order valence-corrected chi connectivity index (χ0v) is 9.36. The zero-order chi connectivity index (χ0) is 11.8. The molecule has 86 valence electrons. The van der Waals surface area contributed by atoms with Crippen LogP contribution in [0.4, 0.5) is 0 Å². The standard InChI is InChI=1S/C10H18N2O3/c1-6-4-12(5-7(6)8(13)14)9(15)10(2,3)11/h6-7H,4-5,11H2,1-3H3,(H,13,14)/t6-,7-/m1/s1. The molecule has 0 unspecified atom stereocenters. The fourth-order valence-electron chi connectivity index (χ4n) is 1.86. The summed E-state index contributed by atoms with van der Waals surface area (Å²) in [6.45, 7) is 5.87. The molecule has 0 aromatic heterocycles. The van der Waals surface area contributed by atoms with E-state index in [0.29, 0.717) is 6.54 Å². The second-order valence-corrected chi connectivity index (χ2v) is 4.85. The lowest BCUT2D eigenvalue weighted by Gasteiger charge is -2.25. The Labute approximate surface area is 89.2 Å². The number of carbonyl (C=O) groups excluding carboxylic acids is 1. The number of amides is 1. The van der Waals surface area contributed by atoms with Gasteiger partial charge in [-0.2, -0.15) is 0 Å². The van der Waals surface area contributed by atoms with Crippen molar-refractivity contribution in [3.8, 4) is 0 Å². The number of carboxylic acid groups (broad SMARTS) is 1. The Bertz CT molecular complexity index is 283. The highest BCUT2D eigenvalue weighted by Gasteiger charge is 2.40. The van der Waals surface area contributed by atoms with Gasteiger partial charge in [-0.25, -0.2) is 0 Å². The van der Waals surface area contributed by atoms with Crippen molar-refractivity contribution in [3.63, 3.8) is 0 Å². The van der Waals surface area contributed by atoms with Crippen LogP contribution in [0.2, 0.25) is 0 Å². The number of carbonyl (C=O) groups is 2. The minimum absolute atomic E-state index is 0.00574. The van der Waals surface area contributed by atoms with Crippen LogP contribution < -0.4 is 5.73 Å². The molecule has 1 heterocycles. The van der Waals surface area contributed by atoms with Crippen LogP contribution in [0, 0.1) is 11.8 Å². The van der Waals surface area contributed by atoms with E-state index in [0.717, 1.165) is 0 Å². The molecule has 2 atom stereocenters. The lowest BCUT2D eigenvalue weighted by Crippen LogP contribution is -2.50. The first-order valence-electron chi connectivity index (χ1n) is 5.04. The Kier molecular flexibility index (Phi) is 3.04. The molecule has 0 saturated carbocycles. The maximum Gasteiger partial charge on any atom is 0.308 e. The molecule has 15 heavy (non-hydrogen) atoms. The lowest BCUT2D eigenvalue weighted by atomic mass is 9.99. The Morgan fingerprint density at radius 1 is 1.40 bits per heavy atom. The van der Waals surface area contributed by atoms with E-state index >= 15 is 0 Å². The summed E-state index contributed by atoms with van der Waals surface area (Å²) < 4.78 is 0. The van der Waals surface area contributed by atoms with E-state index in [2.05, 4.69) is 0 Å². The Morgan fingerprint density at radius 2 is 1.93 bits per heavy atom. The van der Waals surface area contributed by atoms with E-state index in [1.807, 2.05) is 6.92 Å². The third-order valence-corrected chi connectivity index (χ3v) is 2.77. The first kappa shape index (κ1) is 12.0. The molecule has 0 aromatic carbocycles. The van der Waals surface area contributed by atoms with Crippen LogP contribution in [0.1, 0.15) is 20.8 Å². The van der Waals surface area contributed by atoms with Crippen molar-refractivity contribution in [2.24, 2.45) is 17.6 Å². The third-order valence-electron chi connectivity index (χ3n) is 2.77. The Morgan fingerprint density at radius 3 is 2.27 bits per heavy atom. The molecule has 5 heteroatoms. The number of carboxylic acids is 1. The van der Waals surface area contributed by atoms with Crippen LogP contribution in [-0.4, -0.2) is 40.5 Å². The van der Waals surface area contributed by atoms with Crippen molar-refractivity contribution < 1.29 is 14.7 Å². The second kappa shape index (κ2) is 3.81. The predicted octanol–water partition coefficient (Wildman–Crippen LogP) is -0.0972. The number of hydrogen-bond acceptors (Lipinski definition) is 3. The molecule has 1 aliphatic rings. The molecule has 1 aliphatic heterocycles. The smallest absolute Gasteiger partial charge is 0.308 e. The van der Waals surface area contributed by atoms with E-state index in [1.54, 1.807) is 18.7 Å². The summed E-state index contributed by atoms with van der Waals surface area (Å²) in [5.74, 6) is -1.49. The molecule has 1 rings (SSSR count). The second-order valence-electron chi connectivity index (χ2n) is 4.85. The van der Waals surface area contributed by atoms with Gasteiger partial charge in [0.15, 0.2) is 0 Å². The van der Waals surface area contributed by atoms with Gasteiger partial charge in [0.05, 0.1) is 11.5 Å². The highest BCUT2D eigenvalue weighted by Crippen LogP contribution is 2.24. The molecular formula is C10H18N2O3. The van der Waals surface area contributed by atoms with E-state index in [4.69, 9.17) is 10.8 Å². The zero-order valence-electron chi connectivity index (χ0n) is 9.36. The summed E-state index contributed by atoms with van der Waals surface area (Å²) in [7, 11) is 0. The largest absolute Gasteiger partial charge is 0.481 e. The van der Waals surface area contributed by atoms with Crippen LogP contribution in [0.25, 0.3) is 0 Å². The van der Waals surface area contributed by atoms with Crippen LogP contribution >= 0.6 is 0 Å². The van der Waals surface area contributed by atoms with E-state index in [9.17, 15) is 9.59 Å². The predicted molar refractivity (Wildman–Crippen MR) is 55.1 cm³/mol. The van der Waals surface area contributed by atoms with Crippen LogP contribution in [0.15, 0.2) is 0 Å². The number of nitrogens with zero attached hydrogens (tertiary/aromatic N) is 1. The topological polar surface area (TPSA) is 83.6 Å². The van der Waals surface area contributed by atoms with E-state index in [-0.39, 0.29) is 18.4 Å². The highest BCUT2D eigenvalue weighted by atomic mass is 16.4. The van der Waals surface area contributed by atoms with Gasteiger partial charge >= 0.3 is 5.97 Å². The third kappa shape index (κ3) is 2.47. The van der Waals surface area contributed by atoms with Crippen molar-refractivity contribution in [1.29, 1.82) is 0 Å².